The Hall–Kier alpha value is -2.82. The first-order chi connectivity index (χ1) is 13.5. The summed E-state index contributed by atoms with van der Waals surface area (Å²) in [6, 6.07) is 19.1. The van der Waals surface area contributed by atoms with Crippen LogP contribution in [0.4, 0.5) is 0 Å². The second kappa shape index (κ2) is 11.1. The second-order valence-electron chi connectivity index (χ2n) is 6.90. The van der Waals surface area contributed by atoms with Crippen molar-refractivity contribution in [3.8, 4) is 5.75 Å². The smallest absolute Gasteiger partial charge is 0.260 e. The molecule has 2 aromatic rings. The third-order valence-corrected chi connectivity index (χ3v) is 4.81. The van der Waals surface area contributed by atoms with Crippen molar-refractivity contribution in [3.05, 3.63) is 66.2 Å². The molecule has 0 spiro atoms. The molecule has 0 aromatic heterocycles. The minimum Gasteiger partial charge on any atom is -0.484 e. The summed E-state index contributed by atoms with van der Waals surface area (Å²) in [4.78, 5) is 26.7. The van der Waals surface area contributed by atoms with Gasteiger partial charge in [0.2, 0.25) is 5.91 Å². The molecule has 150 valence electrons. The number of rotatable bonds is 10. The van der Waals surface area contributed by atoms with Gasteiger partial charge in [-0.05, 0) is 38.0 Å². The highest BCUT2D eigenvalue weighted by Crippen LogP contribution is 2.13. The summed E-state index contributed by atoms with van der Waals surface area (Å²) in [5, 5.41) is 3.00. The lowest BCUT2D eigenvalue weighted by atomic mass is 10.1. The minimum atomic E-state index is -0.109. The van der Waals surface area contributed by atoms with Crippen molar-refractivity contribution in [2.75, 3.05) is 13.2 Å². The van der Waals surface area contributed by atoms with E-state index in [-0.39, 0.29) is 36.9 Å². The summed E-state index contributed by atoms with van der Waals surface area (Å²) in [5.41, 5.74) is 1.06. The van der Waals surface area contributed by atoms with E-state index in [1.165, 1.54) is 0 Å². The van der Waals surface area contributed by atoms with Crippen molar-refractivity contribution in [2.45, 2.75) is 45.7 Å². The number of hydrogen-bond acceptors (Lipinski definition) is 3. The molecule has 5 heteroatoms. The zero-order chi connectivity index (χ0) is 20.4. The van der Waals surface area contributed by atoms with Crippen molar-refractivity contribution in [2.24, 2.45) is 0 Å². The van der Waals surface area contributed by atoms with E-state index < -0.39 is 0 Å². The van der Waals surface area contributed by atoms with Crippen LogP contribution in [0.5, 0.6) is 5.75 Å². The fourth-order valence-corrected chi connectivity index (χ4v) is 2.92. The Morgan fingerprint density at radius 3 is 2.21 bits per heavy atom. The van der Waals surface area contributed by atoms with Crippen LogP contribution in [-0.2, 0) is 9.59 Å². The van der Waals surface area contributed by atoms with Gasteiger partial charge in [0.05, 0.1) is 6.04 Å². The molecular weight excluding hydrogens is 352 g/mol. The Labute approximate surface area is 167 Å². The predicted octanol–water partition coefficient (Wildman–Crippen LogP) is 3.96. The SMILES string of the molecule is CCC(C)N(CCC(=O)NC(C)c1ccccc1)C(=O)COc1ccccc1. The van der Waals surface area contributed by atoms with Gasteiger partial charge in [0.15, 0.2) is 6.61 Å². The molecule has 0 fully saturated rings. The van der Waals surface area contributed by atoms with Crippen LogP contribution in [0.25, 0.3) is 0 Å². The Morgan fingerprint density at radius 1 is 1.00 bits per heavy atom. The molecule has 0 aliphatic heterocycles. The predicted molar refractivity (Wildman–Crippen MR) is 111 cm³/mol. The molecule has 5 nitrogen and oxygen atoms in total. The highest BCUT2D eigenvalue weighted by Gasteiger charge is 2.21. The third kappa shape index (κ3) is 6.72. The number of amides is 2. The standard InChI is InChI=1S/C23H30N2O3/c1-4-18(2)25(23(27)17-28-21-13-9-6-10-14-21)16-15-22(26)24-19(3)20-11-7-5-8-12-20/h5-14,18-19H,4,15-17H2,1-3H3,(H,24,26). The Kier molecular flexibility index (Phi) is 8.53. The maximum absolute atomic E-state index is 12.6. The van der Waals surface area contributed by atoms with Gasteiger partial charge in [-0.25, -0.2) is 0 Å². The van der Waals surface area contributed by atoms with Crippen molar-refractivity contribution in [1.29, 1.82) is 0 Å². The van der Waals surface area contributed by atoms with Crippen LogP contribution in [0.3, 0.4) is 0 Å². The summed E-state index contributed by atoms with van der Waals surface area (Å²) in [7, 11) is 0. The molecule has 1 N–H and O–H groups in total. The van der Waals surface area contributed by atoms with E-state index in [9.17, 15) is 9.59 Å². The van der Waals surface area contributed by atoms with E-state index in [0.29, 0.717) is 12.3 Å². The summed E-state index contributed by atoms with van der Waals surface area (Å²) < 4.78 is 5.58. The second-order valence-corrected chi connectivity index (χ2v) is 6.90. The quantitative estimate of drug-likeness (QED) is 0.677. The molecule has 0 heterocycles. The highest BCUT2D eigenvalue weighted by molar-refractivity contribution is 5.80. The molecule has 2 rings (SSSR count). The number of hydrogen-bond donors (Lipinski definition) is 1. The molecule has 28 heavy (non-hydrogen) atoms. The Bertz CT molecular complexity index is 734. The van der Waals surface area contributed by atoms with E-state index in [2.05, 4.69) is 5.32 Å². The normalized spacial score (nSPS) is 12.7. The van der Waals surface area contributed by atoms with E-state index in [4.69, 9.17) is 4.74 Å². The first-order valence-corrected chi connectivity index (χ1v) is 9.82. The van der Waals surface area contributed by atoms with Crippen LogP contribution in [0.15, 0.2) is 60.7 Å². The van der Waals surface area contributed by atoms with Crippen LogP contribution in [-0.4, -0.2) is 35.9 Å². The van der Waals surface area contributed by atoms with Gasteiger partial charge in [0.25, 0.3) is 5.91 Å². The van der Waals surface area contributed by atoms with Crippen molar-refractivity contribution in [1.82, 2.24) is 10.2 Å². The topological polar surface area (TPSA) is 58.6 Å². The number of carbonyl (C=O) groups excluding carboxylic acids is 2. The molecule has 2 atom stereocenters. The van der Waals surface area contributed by atoms with E-state index in [1.54, 1.807) is 4.90 Å². The number of benzene rings is 2. The van der Waals surface area contributed by atoms with Crippen molar-refractivity contribution in [3.63, 3.8) is 0 Å². The molecule has 0 saturated carbocycles. The molecule has 2 amide bonds. The van der Waals surface area contributed by atoms with Crippen LogP contribution in [0, 0.1) is 0 Å². The van der Waals surface area contributed by atoms with Gasteiger partial charge in [-0.2, -0.15) is 0 Å². The summed E-state index contributed by atoms with van der Waals surface area (Å²) in [6.45, 7) is 6.32. The van der Waals surface area contributed by atoms with Gasteiger partial charge in [-0.3, -0.25) is 9.59 Å². The largest absolute Gasteiger partial charge is 0.484 e. The summed E-state index contributed by atoms with van der Waals surface area (Å²) >= 11 is 0. The number of nitrogens with one attached hydrogen (secondary N) is 1. The highest BCUT2D eigenvalue weighted by atomic mass is 16.5. The van der Waals surface area contributed by atoms with Crippen molar-refractivity contribution < 1.29 is 14.3 Å². The number of carbonyl (C=O) groups is 2. The third-order valence-electron chi connectivity index (χ3n) is 4.81. The van der Waals surface area contributed by atoms with Gasteiger partial charge in [-0.15, -0.1) is 0 Å². The molecule has 0 aliphatic rings. The molecule has 0 aliphatic carbocycles. The van der Waals surface area contributed by atoms with Crippen LogP contribution < -0.4 is 10.1 Å². The van der Waals surface area contributed by atoms with E-state index in [1.807, 2.05) is 81.4 Å². The average molecular weight is 383 g/mol. The van der Waals surface area contributed by atoms with Gasteiger partial charge < -0.3 is 15.0 Å². The first-order valence-electron chi connectivity index (χ1n) is 9.82. The fourth-order valence-electron chi connectivity index (χ4n) is 2.92. The lowest BCUT2D eigenvalue weighted by Crippen LogP contribution is -2.43. The maximum atomic E-state index is 12.6. The van der Waals surface area contributed by atoms with Gasteiger partial charge in [-0.1, -0.05) is 55.5 Å². The van der Waals surface area contributed by atoms with Gasteiger partial charge in [0.1, 0.15) is 5.75 Å². The minimum absolute atomic E-state index is 0.0314. The zero-order valence-corrected chi connectivity index (χ0v) is 16.9. The molecular formula is C23H30N2O3. The summed E-state index contributed by atoms with van der Waals surface area (Å²) in [6.07, 6.45) is 1.08. The van der Waals surface area contributed by atoms with E-state index >= 15 is 0 Å². The number of para-hydroxylation sites is 1. The first kappa shape index (κ1) is 21.5. The van der Waals surface area contributed by atoms with Gasteiger partial charge in [0, 0.05) is 19.0 Å². The van der Waals surface area contributed by atoms with Crippen LogP contribution in [0.1, 0.15) is 45.2 Å². The van der Waals surface area contributed by atoms with Gasteiger partial charge >= 0.3 is 0 Å². The van der Waals surface area contributed by atoms with Crippen molar-refractivity contribution >= 4 is 11.8 Å². The summed E-state index contributed by atoms with van der Waals surface area (Å²) in [5.74, 6) is 0.484. The van der Waals surface area contributed by atoms with Crippen LogP contribution >= 0.6 is 0 Å². The average Bonchev–Trinajstić information content (AvgIpc) is 2.73. The molecule has 0 bridgehead atoms. The molecule has 0 radical (unpaired) electrons. The molecule has 2 unspecified atom stereocenters. The fraction of sp³-hybridized carbons (Fsp3) is 0.391. The Balaban J connectivity index is 1.86. The van der Waals surface area contributed by atoms with Crippen LogP contribution in [0.2, 0.25) is 0 Å². The molecule has 0 saturated heterocycles. The number of nitrogens with zero attached hydrogens (tertiary/aromatic N) is 1. The lowest BCUT2D eigenvalue weighted by Gasteiger charge is -2.28. The molecule has 2 aromatic carbocycles. The lowest BCUT2D eigenvalue weighted by molar-refractivity contribution is -0.136. The zero-order valence-electron chi connectivity index (χ0n) is 16.9. The maximum Gasteiger partial charge on any atom is 0.260 e. The Morgan fingerprint density at radius 2 is 1.61 bits per heavy atom. The number of ether oxygens (including phenoxy) is 1. The van der Waals surface area contributed by atoms with E-state index in [0.717, 1.165) is 12.0 Å². The monoisotopic (exact) mass is 382 g/mol.